The van der Waals surface area contributed by atoms with Crippen molar-refractivity contribution < 1.29 is 53.5 Å². The smallest absolute Gasteiger partial charge is 0.326 e. The van der Waals surface area contributed by atoms with Crippen molar-refractivity contribution in [3.05, 3.63) is 0 Å². The molecule has 4 saturated carbocycles. The van der Waals surface area contributed by atoms with Crippen LogP contribution in [0.5, 0.6) is 0 Å². The fourth-order valence-corrected chi connectivity index (χ4v) is 10.8. The van der Waals surface area contributed by atoms with E-state index in [0.717, 1.165) is 51.4 Å². The molecule has 43 heavy (non-hydrogen) atoms. The van der Waals surface area contributed by atoms with Crippen LogP contribution in [0.4, 0.5) is 0 Å². The zero-order chi connectivity index (χ0) is 31.7. The van der Waals surface area contributed by atoms with Crippen LogP contribution < -0.4 is 0 Å². The minimum atomic E-state index is -4.55. The lowest BCUT2D eigenvalue weighted by Gasteiger charge is -2.62. The molecule has 4 fully saturated rings. The highest BCUT2D eigenvalue weighted by atomic mass is 31.2. The van der Waals surface area contributed by atoms with Crippen LogP contribution in [-0.4, -0.2) is 68.2 Å². The van der Waals surface area contributed by atoms with Crippen molar-refractivity contribution in [2.75, 3.05) is 13.0 Å². The number of carboxylic acid groups (broad SMARTS) is 1. The fourth-order valence-electron chi connectivity index (χ4n) is 9.88. The van der Waals surface area contributed by atoms with Crippen LogP contribution in [0, 0.1) is 52.3 Å². The molecule has 4 rings (SSSR count). The van der Waals surface area contributed by atoms with Crippen LogP contribution >= 0.6 is 7.60 Å². The number of ether oxygens (including phenoxy) is 2. The Morgan fingerprint density at radius 1 is 0.907 bits per heavy atom. The van der Waals surface area contributed by atoms with Gasteiger partial charge in [-0.2, -0.15) is 0 Å². The number of esters is 2. The zero-order valence-corrected chi connectivity index (χ0v) is 26.6. The number of hydrogen-bond donors (Lipinski definition) is 5. The molecule has 246 valence electrons. The average molecular weight is 631 g/mol. The fraction of sp³-hybridized carbons (Fsp3) is 0.903. The van der Waals surface area contributed by atoms with E-state index < -0.39 is 50.5 Å². The van der Waals surface area contributed by atoms with Crippen molar-refractivity contribution >= 4 is 25.5 Å². The first-order valence-corrected chi connectivity index (χ1v) is 17.8. The summed E-state index contributed by atoms with van der Waals surface area (Å²) in [5.74, 6) is -1.60. The SMILES string of the molecule is C[C@H](CCC(=O)OCOC(=O)CC[C@@H](CP(=O)(O)O)C(=O)O)C1CCC2C3CC[C@@H]4C[C@H](O)CC[C@]4(C)C3C[C@H](O)[C@@]21C. The highest BCUT2D eigenvalue weighted by molar-refractivity contribution is 7.51. The summed E-state index contributed by atoms with van der Waals surface area (Å²) in [5, 5.41) is 31.1. The Balaban J connectivity index is 1.23. The lowest BCUT2D eigenvalue weighted by atomic mass is 9.43. The van der Waals surface area contributed by atoms with E-state index in [1.807, 2.05) is 0 Å². The molecule has 0 aromatic carbocycles. The molecular weight excluding hydrogens is 579 g/mol. The van der Waals surface area contributed by atoms with Crippen molar-refractivity contribution in [1.82, 2.24) is 0 Å². The molecule has 11 nitrogen and oxygen atoms in total. The van der Waals surface area contributed by atoms with Gasteiger partial charge < -0.3 is 34.6 Å². The maximum absolute atomic E-state index is 12.4. The third kappa shape index (κ3) is 7.49. The summed E-state index contributed by atoms with van der Waals surface area (Å²) < 4.78 is 21.0. The molecule has 4 aliphatic carbocycles. The van der Waals surface area contributed by atoms with Crippen LogP contribution in [0.2, 0.25) is 0 Å². The van der Waals surface area contributed by atoms with E-state index >= 15 is 0 Å². The van der Waals surface area contributed by atoms with Crippen molar-refractivity contribution in [2.45, 2.75) is 110 Å². The first-order valence-electron chi connectivity index (χ1n) is 16.0. The predicted molar refractivity (Wildman–Crippen MR) is 155 cm³/mol. The van der Waals surface area contributed by atoms with Crippen LogP contribution in [0.25, 0.3) is 0 Å². The summed E-state index contributed by atoms with van der Waals surface area (Å²) in [6, 6.07) is 0. The molecule has 0 amide bonds. The topological polar surface area (TPSA) is 188 Å². The van der Waals surface area contributed by atoms with Crippen molar-refractivity contribution in [3.63, 3.8) is 0 Å². The Hall–Kier alpha value is -1.52. The molecule has 0 aromatic rings. The summed E-state index contributed by atoms with van der Waals surface area (Å²) in [5.41, 5.74) is -0.0206. The van der Waals surface area contributed by atoms with E-state index in [2.05, 4.69) is 20.8 Å². The van der Waals surface area contributed by atoms with Gasteiger partial charge in [-0.1, -0.05) is 20.8 Å². The molecule has 12 heteroatoms. The molecule has 11 atom stereocenters. The number of fused-ring (bicyclic) bond motifs is 5. The van der Waals surface area contributed by atoms with Crippen molar-refractivity contribution in [2.24, 2.45) is 52.3 Å². The molecule has 0 aromatic heterocycles. The summed E-state index contributed by atoms with van der Waals surface area (Å²) in [6.07, 6.45) is 6.60. The third-order valence-electron chi connectivity index (χ3n) is 12.3. The zero-order valence-electron chi connectivity index (χ0n) is 25.7. The Kier molecular flexibility index (Phi) is 10.7. The van der Waals surface area contributed by atoms with Crippen molar-refractivity contribution in [3.8, 4) is 0 Å². The van der Waals surface area contributed by atoms with Crippen LogP contribution in [0.3, 0.4) is 0 Å². The maximum Gasteiger partial charge on any atom is 0.326 e. The van der Waals surface area contributed by atoms with Gasteiger partial charge in [0.2, 0.25) is 6.79 Å². The number of hydrogen-bond acceptors (Lipinski definition) is 8. The van der Waals surface area contributed by atoms with E-state index in [1.54, 1.807) is 0 Å². The molecule has 0 heterocycles. The second kappa shape index (κ2) is 13.5. The summed E-state index contributed by atoms with van der Waals surface area (Å²) in [4.78, 5) is 53.5. The van der Waals surface area contributed by atoms with E-state index in [9.17, 15) is 29.2 Å². The number of aliphatic hydroxyl groups is 2. The Morgan fingerprint density at radius 3 is 2.19 bits per heavy atom. The molecule has 4 aliphatic rings. The molecule has 0 spiro atoms. The van der Waals surface area contributed by atoms with Gasteiger partial charge >= 0.3 is 25.5 Å². The number of carboxylic acids is 1. The minimum absolute atomic E-state index is 0.142. The number of carbonyl (C=O) groups is 3. The van der Waals surface area contributed by atoms with Crippen LogP contribution in [0.1, 0.15) is 97.8 Å². The minimum Gasteiger partial charge on any atom is -0.481 e. The Bertz CT molecular complexity index is 1080. The predicted octanol–water partition coefficient (Wildman–Crippen LogP) is 4.10. The monoisotopic (exact) mass is 630 g/mol. The lowest BCUT2D eigenvalue weighted by Crippen LogP contribution is -2.58. The third-order valence-corrected chi connectivity index (χ3v) is 13.2. The van der Waals surface area contributed by atoms with Crippen LogP contribution in [0.15, 0.2) is 0 Å². The summed E-state index contributed by atoms with van der Waals surface area (Å²) in [6.45, 7) is 6.21. The molecule has 0 radical (unpaired) electrons. The van der Waals surface area contributed by atoms with Gasteiger partial charge in [0.25, 0.3) is 0 Å². The maximum atomic E-state index is 12.4. The molecular formula is C31H51O11P. The van der Waals surface area contributed by atoms with Crippen molar-refractivity contribution in [1.29, 1.82) is 0 Å². The number of rotatable bonds is 12. The van der Waals surface area contributed by atoms with E-state index in [1.165, 1.54) is 0 Å². The van der Waals surface area contributed by atoms with E-state index in [0.29, 0.717) is 30.1 Å². The van der Waals surface area contributed by atoms with Gasteiger partial charge in [-0.3, -0.25) is 18.9 Å². The van der Waals surface area contributed by atoms with Gasteiger partial charge in [0, 0.05) is 12.8 Å². The second-order valence-corrected chi connectivity index (χ2v) is 16.2. The lowest BCUT2D eigenvalue weighted by molar-refractivity contribution is -0.175. The van der Waals surface area contributed by atoms with Gasteiger partial charge in [-0.05, 0) is 111 Å². The average Bonchev–Trinajstić information content (AvgIpc) is 3.28. The molecule has 4 unspecified atom stereocenters. The van der Waals surface area contributed by atoms with Gasteiger partial charge in [0.05, 0.1) is 24.3 Å². The summed E-state index contributed by atoms with van der Waals surface area (Å²) in [7, 11) is -4.55. The van der Waals surface area contributed by atoms with Gasteiger partial charge in [-0.15, -0.1) is 0 Å². The molecule has 0 saturated heterocycles. The highest BCUT2D eigenvalue weighted by Gasteiger charge is 2.63. The number of aliphatic carboxylic acids is 1. The van der Waals surface area contributed by atoms with Gasteiger partial charge in [0.15, 0.2) is 0 Å². The normalized spacial score (nSPS) is 38.6. The Labute approximate surface area is 254 Å². The largest absolute Gasteiger partial charge is 0.481 e. The van der Waals surface area contributed by atoms with Gasteiger partial charge in [0.1, 0.15) is 0 Å². The standard InChI is InChI=1S/C31H51O11P/c1-18(4-10-27(34)41-17-42-28(35)11-5-19(29(36)37)16-43(38,39)40)23-8-9-24-22-7-6-20-14-21(32)12-13-30(20,2)25(22)15-26(33)31(23,24)3/h18-26,32-33H,4-17H2,1-3H3,(H,36,37)(H2,38,39,40)/t18-,19+,20-,21-,22?,23?,24?,25?,26+,30+,31-/m1/s1. The molecule has 5 N–H and O–H groups in total. The first kappa shape index (κ1) is 34.4. The Morgan fingerprint density at radius 2 is 1.56 bits per heavy atom. The van der Waals surface area contributed by atoms with Crippen LogP contribution in [-0.2, 0) is 28.4 Å². The van der Waals surface area contributed by atoms with Gasteiger partial charge in [-0.25, -0.2) is 0 Å². The first-order chi connectivity index (χ1) is 20.1. The molecule has 0 bridgehead atoms. The second-order valence-electron chi connectivity index (χ2n) is 14.5. The quantitative estimate of drug-likeness (QED) is 0.119. The van der Waals surface area contributed by atoms with E-state index in [4.69, 9.17) is 24.4 Å². The number of aliphatic hydroxyl groups excluding tert-OH is 2. The molecule has 0 aliphatic heterocycles. The van der Waals surface area contributed by atoms with E-state index in [-0.39, 0.29) is 48.0 Å². The highest BCUT2D eigenvalue weighted by Crippen LogP contribution is 2.68. The summed E-state index contributed by atoms with van der Waals surface area (Å²) >= 11 is 0. The number of carbonyl (C=O) groups excluding carboxylic acids is 2.